The van der Waals surface area contributed by atoms with E-state index in [0.29, 0.717) is 25.6 Å². The number of carbonyl (C=O) groups excluding carboxylic acids is 1. The first-order chi connectivity index (χ1) is 7.63. The normalized spacial score (nSPS) is 19.8. The Morgan fingerprint density at radius 3 is 2.94 bits per heavy atom. The van der Waals surface area contributed by atoms with Crippen molar-refractivity contribution in [3.63, 3.8) is 0 Å². The summed E-state index contributed by atoms with van der Waals surface area (Å²) in [5.74, 6) is -0.783. The molecule has 2 N–H and O–H groups in total. The van der Waals surface area contributed by atoms with E-state index in [2.05, 4.69) is 10.3 Å². The highest BCUT2D eigenvalue weighted by molar-refractivity contribution is 5.74. The van der Waals surface area contributed by atoms with Crippen LogP contribution in [0.5, 0.6) is 0 Å². The van der Waals surface area contributed by atoms with Crippen LogP contribution in [0.15, 0.2) is 0 Å². The van der Waals surface area contributed by atoms with E-state index in [-0.39, 0.29) is 0 Å². The fraction of sp³-hybridized carbons (Fsp3) is 0.778. The molecule has 0 spiro atoms. The zero-order chi connectivity index (χ0) is 12.0. The number of carbonyl (C=O) groups is 2. The largest absolute Gasteiger partial charge is 0.479 e. The van der Waals surface area contributed by atoms with Gasteiger partial charge in [0.05, 0.1) is 6.61 Å². The molecule has 7 heteroatoms. The van der Waals surface area contributed by atoms with Crippen LogP contribution in [0.3, 0.4) is 0 Å². The second-order valence-corrected chi connectivity index (χ2v) is 3.65. The maximum absolute atomic E-state index is 11.4. The lowest BCUT2D eigenvalue weighted by molar-refractivity contribution is -0.144. The first-order valence-corrected chi connectivity index (χ1v) is 5.01. The number of hydrogen-bond donors (Lipinski definition) is 2. The Balaban J connectivity index is 2.20. The summed E-state index contributed by atoms with van der Waals surface area (Å²) >= 11 is 0. The molecule has 92 valence electrons. The van der Waals surface area contributed by atoms with Crippen molar-refractivity contribution < 1.29 is 24.3 Å². The van der Waals surface area contributed by atoms with Crippen LogP contribution in [0.1, 0.15) is 6.42 Å². The van der Waals surface area contributed by atoms with E-state index in [1.807, 2.05) is 0 Å². The topological polar surface area (TPSA) is 88.1 Å². The van der Waals surface area contributed by atoms with Crippen LogP contribution in [0, 0.1) is 5.92 Å². The highest BCUT2D eigenvalue weighted by Crippen LogP contribution is 2.15. The van der Waals surface area contributed by atoms with Crippen molar-refractivity contribution in [2.75, 3.05) is 33.4 Å². The van der Waals surface area contributed by atoms with Crippen LogP contribution in [0.2, 0.25) is 0 Å². The molecule has 1 atom stereocenters. The number of hydrogen-bond acceptors (Lipinski definition) is 4. The number of urea groups is 1. The van der Waals surface area contributed by atoms with Gasteiger partial charge in [-0.15, -0.1) is 0 Å². The number of carboxylic acids is 1. The monoisotopic (exact) mass is 232 g/mol. The highest BCUT2D eigenvalue weighted by atomic mass is 16.7. The molecular weight excluding hydrogens is 216 g/mol. The Hall–Kier alpha value is -1.34. The van der Waals surface area contributed by atoms with E-state index in [0.717, 1.165) is 6.42 Å². The molecule has 1 fully saturated rings. The van der Waals surface area contributed by atoms with E-state index in [4.69, 9.17) is 9.84 Å². The fourth-order valence-electron chi connectivity index (χ4n) is 1.61. The number of methoxy groups -OCH3 is 1. The van der Waals surface area contributed by atoms with Gasteiger partial charge in [0.25, 0.3) is 0 Å². The predicted octanol–water partition coefficient (Wildman–Crippen LogP) is -0.319. The summed E-state index contributed by atoms with van der Waals surface area (Å²) in [6.45, 7) is 1.33. The maximum Gasteiger partial charge on any atom is 0.341 e. The first-order valence-electron chi connectivity index (χ1n) is 5.01. The molecule has 1 saturated heterocycles. The average molecular weight is 232 g/mol. The van der Waals surface area contributed by atoms with E-state index >= 15 is 0 Å². The molecule has 16 heavy (non-hydrogen) atoms. The Labute approximate surface area is 93.3 Å². The van der Waals surface area contributed by atoms with Gasteiger partial charge in [0.15, 0.2) is 6.61 Å². The van der Waals surface area contributed by atoms with Crippen molar-refractivity contribution in [1.29, 1.82) is 0 Å². The molecule has 1 unspecified atom stereocenters. The Bertz CT molecular complexity index is 258. The smallest absolute Gasteiger partial charge is 0.341 e. The van der Waals surface area contributed by atoms with Gasteiger partial charge in [-0.1, -0.05) is 0 Å². The van der Waals surface area contributed by atoms with Crippen molar-refractivity contribution in [2.45, 2.75) is 6.42 Å². The Morgan fingerprint density at radius 1 is 1.56 bits per heavy atom. The summed E-state index contributed by atoms with van der Waals surface area (Å²) in [4.78, 5) is 27.6. The van der Waals surface area contributed by atoms with Gasteiger partial charge >= 0.3 is 12.0 Å². The van der Waals surface area contributed by atoms with Crippen molar-refractivity contribution in [2.24, 2.45) is 5.92 Å². The number of carboxylic acid groups (broad SMARTS) is 1. The van der Waals surface area contributed by atoms with Crippen molar-refractivity contribution in [3.8, 4) is 0 Å². The van der Waals surface area contributed by atoms with Crippen LogP contribution in [0.25, 0.3) is 0 Å². The van der Waals surface area contributed by atoms with Crippen molar-refractivity contribution in [1.82, 2.24) is 10.4 Å². The molecule has 7 nitrogen and oxygen atoms in total. The number of aliphatic carboxylic acids is 1. The zero-order valence-electron chi connectivity index (χ0n) is 9.14. The summed E-state index contributed by atoms with van der Waals surface area (Å²) in [5, 5.41) is 8.30. The number of ether oxygens (including phenoxy) is 1. The lowest BCUT2D eigenvalue weighted by Gasteiger charge is -2.16. The van der Waals surface area contributed by atoms with Crippen molar-refractivity contribution >= 4 is 12.0 Å². The van der Waals surface area contributed by atoms with Gasteiger partial charge in [0.1, 0.15) is 0 Å². The molecule has 1 heterocycles. The minimum absolute atomic E-state index is 0.343. The fourth-order valence-corrected chi connectivity index (χ4v) is 1.61. The van der Waals surface area contributed by atoms with Gasteiger partial charge in [0, 0.05) is 26.1 Å². The number of hydroxylamine groups is 1. The summed E-state index contributed by atoms with van der Waals surface area (Å²) in [5.41, 5.74) is 2.08. The van der Waals surface area contributed by atoms with Crippen molar-refractivity contribution in [3.05, 3.63) is 0 Å². The number of rotatable bonds is 5. The van der Waals surface area contributed by atoms with E-state index in [1.165, 1.54) is 0 Å². The molecule has 2 amide bonds. The molecular formula is C9H16N2O5. The number of nitrogens with zero attached hydrogens (tertiary/aromatic N) is 1. The third-order valence-corrected chi connectivity index (χ3v) is 2.33. The van der Waals surface area contributed by atoms with Gasteiger partial charge in [-0.3, -0.25) is 4.84 Å². The number of likely N-dealkylation sites (tertiary alicyclic amines) is 1. The van der Waals surface area contributed by atoms with Gasteiger partial charge in [0.2, 0.25) is 0 Å². The third kappa shape index (κ3) is 4.03. The lowest BCUT2D eigenvalue weighted by Crippen LogP contribution is -2.39. The quantitative estimate of drug-likeness (QED) is 0.634. The Morgan fingerprint density at radius 2 is 2.31 bits per heavy atom. The molecule has 1 aliphatic rings. The van der Waals surface area contributed by atoms with Crippen LogP contribution < -0.4 is 5.48 Å². The molecule has 1 rings (SSSR count). The van der Waals surface area contributed by atoms with Crippen LogP contribution in [0.4, 0.5) is 4.79 Å². The molecule has 0 aliphatic carbocycles. The Kier molecular flexibility index (Phi) is 5.00. The summed E-state index contributed by atoms with van der Waals surface area (Å²) in [7, 11) is 1.62. The summed E-state index contributed by atoms with van der Waals surface area (Å²) in [6.07, 6.45) is 0.889. The molecule has 0 aromatic rings. The second kappa shape index (κ2) is 6.29. The predicted molar refractivity (Wildman–Crippen MR) is 53.7 cm³/mol. The van der Waals surface area contributed by atoms with Crippen LogP contribution in [-0.4, -0.2) is 55.4 Å². The average Bonchev–Trinajstić information content (AvgIpc) is 2.66. The van der Waals surface area contributed by atoms with E-state index < -0.39 is 18.6 Å². The maximum atomic E-state index is 11.4. The summed E-state index contributed by atoms with van der Waals surface area (Å²) in [6, 6.07) is -0.403. The molecule has 1 aliphatic heterocycles. The number of amides is 2. The van der Waals surface area contributed by atoms with Gasteiger partial charge in [-0.05, 0) is 6.42 Å². The zero-order valence-corrected chi connectivity index (χ0v) is 9.14. The minimum atomic E-state index is -1.13. The highest BCUT2D eigenvalue weighted by Gasteiger charge is 2.26. The van der Waals surface area contributed by atoms with E-state index in [1.54, 1.807) is 12.0 Å². The minimum Gasteiger partial charge on any atom is -0.479 e. The standard InChI is InChI=1S/C9H16N2O5/c1-15-5-7-2-3-11(4-7)9(14)10-16-6-8(12)13/h7H,2-6H2,1H3,(H,10,14)(H,12,13). The van der Waals surface area contributed by atoms with Gasteiger partial charge in [-0.2, -0.15) is 0 Å². The molecule has 0 radical (unpaired) electrons. The molecule has 0 aromatic carbocycles. The molecule has 0 saturated carbocycles. The summed E-state index contributed by atoms with van der Waals surface area (Å²) < 4.78 is 5.00. The molecule has 0 bridgehead atoms. The van der Waals surface area contributed by atoms with E-state index in [9.17, 15) is 9.59 Å². The SMILES string of the molecule is COCC1CCN(C(=O)NOCC(=O)O)C1. The first kappa shape index (κ1) is 12.7. The number of nitrogens with one attached hydrogen (secondary N) is 1. The van der Waals surface area contributed by atoms with Crippen LogP contribution in [-0.2, 0) is 14.4 Å². The van der Waals surface area contributed by atoms with Gasteiger partial charge in [-0.25, -0.2) is 15.1 Å². The van der Waals surface area contributed by atoms with Crippen LogP contribution >= 0.6 is 0 Å². The second-order valence-electron chi connectivity index (χ2n) is 3.65. The van der Waals surface area contributed by atoms with Gasteiger partial charge < -0.3 is 14.7 Å². The lowest BCUT2D eigenvalue weighted by atomic mass is 10.1. The third-order valence-electron chi connectivity index (χ3n) is 2.33. The molecule has 0 aromatic heterocycles.